The van der Waals surface area contributed by atoms with Gasteiger partial charge in [0.1, 0.15) is 11.6 Å². The van der Waals surface area contributed by atoms with Gasteiger partial charge in [-0.15, -0.1) is 0 Å². The molecule has 0 aliphatic carbocycles. The molecule has 0 saturated heterocycles. The fraction of sp³-hybridized carbons (Fsp3) is 0.125. The van der Waals surface area contributed by atoms with Gasteiger partial charge in [-0.3, -0.25) is 0 Å². The molecule has 1 rings (SSSR count). The SMILES string of the molecule is NC(N)=NCc1c(F)ccc(Cl)c1F. The van der Waals surface area contributed by atoms with Crippen LogP contribution in [0, 0.1) is 11.6 Å². The highest BCUT2D eigenvalue weighted by atomic mass is 35.5. The molecule has 1 aromatic carbocycles. The van der Waals surface area contributed by atoms with Crippen LogP contribution in [0.1, 0.15) is 5.56 Å². The molecule has 14 heavy (non-hydrogen) atoms. The van der Waals surface area contributed by atoms with E-state index >= 15 is 0 Å². The Hall–Kier alpha value is -1.36. The summed E-state index contributed by atoms with van der Waals surface area (Å²) in [7, 11) is 0. The van der Waals surface area contributed by atoms with Crippen molar-refractivity contribution in [3.63, 3.8) is 0 Å². The van der Waals surface area contributed by atoms with Crippen LogP contribution in [0.25, 0.3) is 0 Å². The minimum Gasteiger partial charge on any atom is -0.370 e. The molecule has 0 spiro atoms. The Morgan fingerprint density at radius 3 is 2.57 bits per heavy atom. The highest BCUT2D eigenvalue weighted by Gasteiger charge is 2.11. The smallest absolute Gasteiger partial charge is 0.186 e. The van der Waals surface area contributed by atoms with E-state index in [2.05, 4.69) is 4.99 Å². The Balaban J connectivity index is 3.07. The van der Waals surface area contributed by atoms with Crippen LogP contribution in [0.3, 0.4) is 0 Å². The highest BCUT2D eigenvalue weighted by molar-refractivity contribution is 6.30. The van der Waals surface area contributed by atoms with Crippen molar-refractivity contribution in [2.45, 2.75) is 6.54 Å². The fourth-order valence-corrected chi connectivity index (χ4v) is 1.06. The van der Waals surface area contributed by atoms with Crippen LogP contribution in [0.15, 0.2) is 17.1 Å². The summed E-state index contributed by atoms with van der Waals surface area (Å²) in [5.41, 5.74) is 9.81. The number of aliphatic imine (C=N–C) groups is 1. The maximum atomic E-state index is 13.2. The first kappa shape index (κ1) is 10.7. The summed E-state index contributed by atoms with van der Waals surface area (Å²) in [6.45, 7) is -0.263. The maximum absolute atomic E-state index is 13.2. The molecule has 1 aromatic rings. The van der Waals surface area contributed by atoms with E-state index in [0.29, 0.717) is 0 Å². The number of hydrogen-bond donors (Lipinski definition) is 2. The van der Waals surface area contributed by atoms with E-state index in [9.17, 15) is 8.78 Å². The van der Waals surface area contributed by atoms with Gasteiger partial charge in [0.05, 0.1) is 11.6 Å². The Morgan fingerprint density at radius 1 is 1.36 bits per heavy atom. The largest absolute Gasteiger partial charge is 0.370 e. The molecular weight excluding hydrogens is 212 g/mol. The lowest BCUT2D eigenvalue weighted by Crippen LogP contribution is -2.22. The summed E-state index contributed by atoms with van der Waals surface area (Å²) < 4.78 is 26.2. The van der Waals surface area contributed by atoms with E-state index in [1.807, 2.05) is 0 Å². The molecule has 0 aromatic heterocycles. The van der Waals surface area contributed by atoms with E-state index < -0.39 is 11.6 Å². The number of hydrogen-bond acceptors (Lipinski definition) is 1. The normalized spacial score (nSPS) is 9.93. The molecule has 0 heterocycles. The number of halogens is 3. The van der Waals surface area contributed by atoms with Crippen LogP contribution >= 0.6 is 11.6 Å². The second kappa shape index (κ2) is 4.23. The first-order valence-electron chi connectivity index (χ1n) is 3.70. The van der Waals surface area contributed by atoms with E-state index in [0.717, 1.165) is 12.1 Å². The molecule has 0 aliphatic rings. The molecule has 4 N–H and O–H groups in total. The van der Waals surface area contributed by atoms with Gasteiger partial charge in [-0.25, -0.2) is 13.8 Å². The van der Waals surface area contributed by atoms with Crippen molar-refractivity contribution >= 4 is 17.6 Å². The third kappa shape index (κ3) is 2.32. The van der Waals surface area contributed by atoms with E-state index in [1.165, 1.54) is 0 Å². The first-order valence-corrected chi connectivity index (χ1v) is 4.08. The van der Waals surface area contributed by atoms with Gasteiger partial charge < -0.3 is 11.5 Å². The maximum Gasteiger partial charge on any atom is 0.186 e. The Labute approximate surface area is 84.4 Å². The minimum absolute atomic E-state index is 0.160. The minimum atomic E-state index is -0.836. The average molecular weight is 220 g/mol. The third-order valence-electron chi connectivity index (χ3n) is 1.56. The molecular formula is C8H8ClF2N3. The lowest BCUT2D eigenvalue weighted by atomic mass is 10.2. The second-order valence-corrected chi connectivity index (χ2v) is 2.97. The predicted octanol–water partition coefficient (Wildman–Crippen LogP) is 1.39. The molecule has 0 fully saturated rings. The lowest BCUT2D eigenvalue weighted by molar-refractivity contribution is 0.557. The van der Waals surface area contributed by atoms with Crippen LogP contribution in [0.5, 0.6) is 0 Å². The van der Waals surface area contributed by atoms with Gasteiger partial charge >= 0.3 is 0 Å². The van der Waals surface area contributed by atoms with Crippen LogP contribution in [0.4, 0.5) is 8.78 Å². The van der Waals surface area contributed by atoms with Crippen molar-refractivity contribution in [1.29, 1.82) is 0 Å². The number of benzene rings is 1. The standard InChI is InChI=1S/C8H8ClF2N3/c9-5-1-2-6(10)4(7(5)11)3-14-8(12)13/h1-2H,3H2,(H4,12,13,14). The van der Waals surface area contributed by atoms with Crippen molar-refractivity contribution in [3.05, 3.63) is 34.4 Å². The average Bonchev–Trinajstić information content (AvgIpc) is 2.11. The molecule has 76 valence electrons. The molecule has 0 bridgehead atoms. The van der Waals surface area contributed by atoms with Gasteiger partial charge in [0.25, 0.3) is 0 Å². The Morgan fingerprint density at radius 2 is 2.00 bits per heavy atom. The first-order chi connectivity index (χ1) is 6.52. The number of nitrogens with zero attached hydrogens (tertiary/aromatic N) is 1. The van der Waals surface area contributed by atoms with Gasteiger partial charge in [-0.2, -0.15) is 0 Å². The van der Waals surface area contributed by atoms with Crippen LogP contribution in [-0.2, 0) is 6.54 Å². The van der Waals surface area contributed by atoms with Crippen molar-refractivity contribution < 1.29 is 8.78 Å². The van der Waals surface area contributed by atoms with Crippen molar-refractivity contribution in [1.82, 2.24) is 0 Å². The van der Waals surface area contributed by atoms with Gasteiger partial charge in [-0.05, 0) is 12.1 Å². The molecule has 0 radical (unpaired) electrons. The number of nitrogens with two attached hydrogens (primary N) is 2. The fourth-order valence-electron chi connectivity index (χ4n) is 0.884. The summed E-state index contributed by atoms with van der Waals surface area (Å²) in [6.07, 6.45) is 0. The predicted molar refractivity (Wildman–Crippen MR) is 50.9 cm³/mol. The summed E-state index contributed by atoms with van der Waals surface area (Å²) in [5.74, 6) is -1.79. The van der Waals surface area contributed by atoms with E-state index in [4.69, 9.17) is 23.1 Å². The summed E-state index contributed by atoms with van der Waals surface area (Å²) in [5, 5.41) is -0.160. The van der Waals surface area contributed by atoms with Gasteiger partial charge in [0, 0.05) is 5.56 Å². The number of guanidine groups is 1. The van der Waals surface area contributed by atoms with E-state index in [-0.39, 0.29) is 23.1 Å². The van der Waals surface area contributed by atoms with Crippen LogP contribution < -0.4 is 11.5 Å². The molecule has 0 atom stereocenters. The van der Waals surface area contributed by atoms with Crippen LogP contribution in [-0.4, -0.2) is 5.96 Å². The topological polar surface area (TPSA) is 64.4 Å². The molecule has 3 nitrogen and oxygen atoms in total. The third-order valence-corrected chi connectivity index (χ3v) is 1.85. The molecule has 6 heteroatoms. The van der Waals surface area contributed by atoms with Crippen molar-refractivity contribution in [2.24, 2.45) is 16.5 Å². The van der Waals surface area contributed by atoms with Gasteiger partial charge in [0.15, 0.2) is 5.96 Å². The summed E-state index contributed by atoms with van der Waals surface area (Å²) in [4.78, 5) is 3.49. The molecule has 0 saturated carbocycles. The summed E-state index contributed by atoms with van der Waals surface area (Å²) >= 11 is 5.45. The van der Waals surface area contributed by atoms with Gasteiger partial charge in [0.2, 0.25) is 0 Å². The zero-order valence-electron chi connectivity index (χ0n) is 7.10. The number of rotatable bonds is 2. The highest BCUT2D eigenvalue weighted by Crippen LogP contribution is 2.21. The van der Waals surface area contributed by atoms with Crippen molar-refractivity contribution in [3.8, 4) is 0 Å². The zero-order valence-corrected chi connectivity index (χ0v) is 7.85. The molecule has 0 unspecified atom stereocenters. The molecule has 0 aliphatic heterocycles. The van der Waals surface area contributed by atoms with Gasteiger partial charge in [-0.1, -0.05) is 11.6 Å². The second-order valence-electron chi connectivity index (χ2n) is 2.56. The lowest BCUT2D eigenvalue weighted by Gasteiger charge is -2.03. The Bertz CT molecular complexity index is 375. The van der Waals surface area contributed by atoms with Crippen LogP contribution in [0.2, 0.25) is 5.02 Å². The monoisotopic (exact) mass is 219 g/mol. The summed E-state index contributed by atoms with van der Waals surface area (Å²) in [6, 6.07) is 2.19. The quantitative estimate of drug-likeness (QED) is 0.449. The van der Waals surface area contributed by atoms with E-state index in [1.54, 1.807) is 0 Å². The van der Waals surface area contributed by atoms with Crippen molar-refractivity contribution in [2.75, 3.05) is 0 Å². The Kier molecular flexibility index (Phi) is 3.24. The molecule has 0 amide bonds. The zero-order chi connectivity index (χ0) is 10.7.